The number of benzene rings is 6. The van der Waals surface area contributed by atoms with E-state index < -0.39 is 16.9 Å². The van der Waals surface area contributed by atoms with Crippen molar-refractivity contribution in [2.24, 2.45) is 10.2 Å². The van der Waals surface area contributed by atoms with E-state index in [-0.39, 0.29) is 63.2 Å². The molecule has 462 valence electrons. The second-order valence-electron chi connectivity index (χ2n) is 20.4. The van der Waals surface area contributed by atoms with Crippen LogP contribution in [-0.2, 0) is 0 Å². The molecule has 0 amide bonds. The second kappa shape index (κ2) is 39.1. The van der Waals surface area contributed by atoms with Gasteiger partial charge >= 0.3 is 11.9 Å². The number of ether oxygens (including phenoxy) is 6. The van der Waals surface area contributed by atoms with Crippen LogP contribution in [0, 0.1) is 154 Å². The maximum atomic E-state index is 14.2. The predicted molar refractivity (Wildman–Crippen MR) is 365 cm³/mol. The Morgan fingerprint density at radius 1 is 0.500 bits per heavy atom. The SMILES string of the molecule is C#CC#CC#CC#CC#CC#COc1ccc(OC(=O)c2ccc(C#Cc3cc(N=Nc4cc(OC(C)CCCCCC)c(N(C)C)cc4OC(=O)c4ccc(-c5ccc(OC#CC#CC#CC#CC#C)cc5)cc4)c(OC(C)CCCCCC)cc3[N+](=O)[O-])cc2)cc1. The van der Waals surface area contributed by atoms with Crippen LogP contribution in [-0.4, -0.2) is 43.2 Å². The summed E-state index contributed by atoms with van der Waals surface area (Å²) in [6, 6.07) is 32.6. The molecule has 0 saturated carbocycles. The van der Waals surface area contributed by atoms with E-state index in [2.05, 4.69) is 150 Å². The molecule has 0 heterocycles. The van der Waals surface area contributed by atoms with Crippen molar-refractivity contribution in [2.45, 2.75) is 104 Å². The van der Waals surface area contributed by atoms with Gasteiger partial charge in [0.05, 0.1) is 40.0 Å². The molecule has 0 aromatic heterocycles. The van der Waals surface area contributed by atoms with Crippen molar-refractivity contribution in [1.29, 1.82) is 0 Å². The number of nitrogens with zero attached hydrogens (tertiary/aromatic N) is 4. The Hall–Kier alpha value is -13.0. The number of carbonyl (C=O) groups is 2. The number of terminal acetylenes is 2. The Bertz CT molecular complexity index is 4510. The molecule has 2 unspecified atom stereocenters. The third-order valence-electron chi connectivity index (χ3n) is 13.1. The first-order valence-corrected chi connectivity index (χ1v) is 29.8. The largest absolute Gasteiger partial charge is 0.488 e. The van der Waals surface area contributed by atoms with E-state index in [1.807, 2.05) is 45.0 Å². The van der Waals surface area contributed by atoms with Gasteiger partial charge in [-0.05, 0) is 183 Å². The van der Waals surface area contributed by atoms with Gasteiger partial charge in [0.1, 0.15) is 52.1 Å². The predicted octanol–water partition coefficient (Wildman–Crippen LogP) is 15.0. The van der Waals surface area contributed by atoms with E-state index in [4.69, 9.17) is 46.4 Å². The maximum Gasteiger partial charge on any atom is 0.343 e. The molecule has 0 radical (unpaired) electrons. The van der Waals surface area contributed by atoms with Crippen molar-refractivity contribution >= 4 is 34.7 Å². The van der Waals surface area contributed by atoms with Gasteiger partial charge in [0.15, 0.2) is 11.5 Å². The van der Waals surface area contributed by atoms with Crippen molar-refractivity contribution in [1.82, 2.24) is 0 Å². The van der Waals surface area contributed by atoms with Crippen LogP contribution in [0.25, 0.3) is 11.1 Å². The number of nitro groups is 1. The van der Waals surface area contributed by atoms with Gasteiger partial charge in [-0.2, -0.15) is 0 Å². The lowest BCUT2D eigenvalue weighted by atomic mass is 10.0. The van der Waals surface area contributed by atoms with Crippen LogP contribution in [0.2, 0.25) is 0 Å². The Morgan fingerprint density at radius 3 is 1.43 bits per heavy atom. The Kier molecular flexibility index (Phi) is 29.1. The Morgan fingerprint density at radius 2 is 0.936 bits per heavy atom. The Balaban J connectivity index is 1.28. The van der Waals surface area contributed by atoms with Crippen molar-refractivity contribution in [3.8, 4) is 189 Å². The molecule has 0 aliphatic carbocycles. The van der Waals surface area contributed by atoms with E-state index in [0.717, 1.165) is 68.9 Å². The zero-order valence-electron chi connectivity index (χ0n) is 52.8. The van der Waals surface area contributed by atoms with E-state index in [0.29, 0.717) is 34.9 Å². The average molecular weight is 1240 g/mol. The standard InChI is InChI=1S/C80H62N4O10/c1-9-13-17-21-23-25-26-28-30-34-56-90-70-51-53-71(54-52-70)93-79(85)66-40-37-63(38-41-66)39-42-68-57-72(76(59-74(68)84(87)88)91-61(5)35-31-19-15-11-3)81-82-73-58-78(92-62(6)36-32-20-16-12-4)75(83(7)8)60-77(73)94-80(86)67-45-43-64(44-46-67)65-47-49-69(50-48-65)89-55-33-29-27-24-22-18-14-10-2/h1-2,37-38,40-41,43-54,57-62H,11-12,15-16,19-20,31-32,35-36H2,3-8H3. The highest BCUT2D eigenvalue weighted by Gasteiger charge is 2.23. The van der Waals surface area contributed by atoms with E-state index >= 15 is 0 Å². The van der Waals surface area contributed by atoms with Gasteiger partial charge in [0, 0.05) is 85.1 Å². The molecule has 6 aromatic carbocycles. The van der Waals surface area contributed by atoms with Crippen LogP contribution in [0.1, 0.15) is 124 Å². The fraction of sp³-hybridized carbons (Fsp3) is 0.225. The molecular weight excluding hydrogens is 1180 g/mol. The average Bonchev–Trinajstić information content (AvgIpc) is 0.896. The van der Waals surface area contributed by atoms with Gasteiger partial charge in [0.2, 0.25) is 0 Å². The summed E-state index contributed by atoms with van der Waals surface area (Å²) in [6.07, 6.45) is 24.2. The quantitative estimate of drug-likeness (QED) is 0.0102. The lowest BCUT2D eigenvalue weighted by molar-refractivity contribution is -0.385. The van der Waals surface area contributed by atoms with Crippen LogP contribution in [0.4, 0.5) is 22.7 Å². The lowest BCUT2D eigenvalue weighted by Crippen LogP contribution is -2.16. The summed E-state index contributed by atoms with van der Waals surface area (Å²) in [6.45, 7) is 8.19. The minimum Gasteiger partial charge on any atom is -0.488 e. The molecule has 6 rings (SSSR count). The third-order valence-corrected chi connectivity index (χ3v) is 13.1. The molecule has 2 atom stereocenters. The van der Waals surface area contributed by atoms with Crippen molar-refractivity contribution in [3.05, 3.63) is 154 Å². The molecule has 0 N–H and O–H groups in total. The van der Waals surface area contributed by atoms with E-state index in [9.17, 15) is 19.7 Å². The highest BCUT2D eigenvalue weighted by molar-refractivity contribution is 5.93. The first kappa shape index (κ1) is 70.1. The summed E-state index contributed by atoms with van der Waals surface area (Å²) in [5.41, 5.74) is 3.09. The monoisotopic (exact) mass is 1240 g/mol. The number of esters is 2. The summed E-state index contributed by atoms with van der Waals surface area (Å²) in [4.78, 5) is 41.5. The summed E-state index contributed by atoms with van der Waals surface area (Å²) < 4.78 is 35.7. The Labute approximate surface area is 551 Å². The van der Waals surface area contributed by atoms with Gasteiger partial charge < -0.3 is 33.3 Å². The minimum atomic E-state index is -0.677. The molecule has 0 fully saturated rings. The number of hydrogen-bond donors (Lipinski definition) is 0. The molecule has 0 spiro atoms. The lowest BCUT2D eigenvalue weighted by Gasteiger charge is -2.23. The van der Waals surface area contributed by atoms with Gasteiger partial charge in [0.25, 0.3) is 5.69 Å². The summed E-state index contributed by atoms with van der Waals surface area (Å²) in [5, 5.41) is 22.2. The topological polar surface area (TPSA) is 161 Å². The molecule has 0 aliphatic heterocycles. The molecule has 6 aromatic rings. The van der Waals surface area contributed by atoms with Crippen LogP contribution >= 0.6 is 0 Å². The van der Waals surface area contributed by atoms with Crippen LogP contribution in [0.5, 0.6) is 34.5 Å². The van der Waals surface area contributed by atoms with E-state index in [1.165, 1.54) is 36.4 Å². The van der Waals surface area contributed by atoms with Crippen LogP contribution in [0.3, 0.4) is 0 Å². The molecule has 0 saturated heterocycles. The minimum absolute atomic E-state index is 0.00138. The number of rotatable bonds is 25. The fourth-order valence-electron chi connectivity index (χ4n) is 8.41. The highest BCUT2D eigenvalue weighted by atomic mass is 16.6. The molecule has 0 bridgehead atoms. The molecule has 0 aliphatic rings. The summed E-state index contributed by atoms with van der Waals surface area (Å²) in [5.74, 6) is 50.4. The normalized spacial score (nSPS) is 10.0. The summed E-state index contributed by atoms with van der Waals surface area (Å²) in [7, 11) is 3.70. The van der Waals surface area contributed by atoms with Crippen LogP contribution < -0.4 is 33.3 Å². The first-order chi connectivity index (χ1) is 45.8. The van der Waals surface area contributed by atoms with Gasteiger partial charge in [-0.3, -0.25) is 10.1 Å². The van der Waals surface area contributed by atoms with Crippen molar-refractivity contribution < 1.29 is 42.9 Å². The number of unbranched alkanes of at least 4 members (excludes halogenated alkanes) is 6. The third kappa shape index (κ3) is 24.2. The van der Waals surface area contributed by atoms with Gasteiger partial charge in [-0.15, -0.1) is 23.1 Å². The molecule has 14 nitrogen and oxygen atoms in total. The van der Waals surface area contributed by atoms with Gasteiger partial charge in [-0.25, -0.2) is 9.59 Å². The van der Waals surface area contributed by atoms with Crippen LogP contribution in [0.15, 0.2) is 132 Å². The number of nitro benzene ring substituents is 1. The zero-order valence-corrected chi connectivity index (χ0v) is 52.8. The zero-order chi connectivity index (χ0) is 67.1. The molecule has 14 heteroatoms. The van der Waals surface area contributed by atoms with E-state index in [1.54, 1.807) is 72.8 Å². The summed E-state index contributed by atoms with van der Waals surface area (Å²) >= 11 is 0. The van der Waals surface area contributed by atoms with Gasteiger partial charge in [-0.1, -0.05) is 88.5 Å². The molecular formula is C80H62N4O10. The molecule has 94 heavy (non-hydrogen) atoms. The van der Waals surface area contributed by atoms with Crippen molar-refractivity contribution in [3.63, 3.8) is 0 Å². The number of azo groups is 1. The smallest absolute Gasteiger partial charge is 0.343 e. The highest BCUT2D eigenvalue weighted by Crippen LogP contribution is 2.43. The van der Waals surface area contributed by atoms with Crippen molar-refractivity contribution in [2.75, 3.05) is 19.0 Å². The second-order valence-corrected chi connectivity index (χ2v) is 20.4. The number of carbonyl (C=O) groups excluding carboxylic acids is 2. The maximum absolute atomic E-state index is 14.2. The fourth-order valence-corrected chi connectivity index (χ4v) is 8.41. The first-order valence-electron chi connectivity index (χ1n) is 29.8. The number of anilines is 1. The number of hydrogen-bond acceptors (Lipinski definition) is 13.